The Hall–Kier alpha value is -2.97. The molecule has 2 aliphatic heterocycles. The van der Waals surface area contributed by atoms with E-state index in [1.54, 1.807) is 12.0 Å². The second-order valence-corrected chi connectivity index (χ2v) is 8.97. The van der Waals surface area contributed by atoms with E-state index in [0.29, 0.717) is 11.4 Å². The molecule has 32 heavy (non-hydrogen) atoms. The number of thioether (sulfide) groups is 1. The van der Waals surface area contributed by atoms with Crippen molar-refractivity contribution in [2.45, 2.75) is 11.3 Å². The summed E-state index contributed by atoms with van der Waals surface area (Å²) in [5, 5.41) is 5.74. The Morgan fingerprint density at radius 1 is 1.19 bits per heavy atom. The van der Waals surface area contributed by atoms with Crippen LogP contribution in [0.25, 0.3) is 0 Å². The molecule has 2 aromatic rings. The van der Waals surface area contributed by atoms with Crippen LogP contribution < -0.4 is 25.2 Å². The van der Waals surface area contributed by atoms with Gasteiger partial charge in [0, 0.05) is 29.6 Å². The van der Waals surface area contributed by atoms with E-state index >= 15 is 0 Å². The third kappa shape index (κ3) is 5.63. The number of anilines is 2. The molecule has 2 aromatic carbocycles. The van der Waals surface area contributed by atoms with Crippen molar-refractivity contribution in [2.75, 3.05) is 56.6 Å². The first-order valence-electron chi connectivity index (χ1n) is 10.9. The first kappa shape index (κ1) is 22.2. The van der Waals surface area contributed by atoms with Crippen molar-refractivity contribution in [3.05, 3.63) is 59.5 Å². The molecule has 3 N–H and O–H groups in total. The largest absolute Gasteiger partial charge is 0.497 e. The fraction of sp³-hybridized carbons (Fsp3) is 0.333. The maximum atomic E-state index is 12.3. The van der Waals surface area contributed by atoms with Gasteiger partial charge >= 0.3 is 0 Å². The molecule has 0 aromatic heterocycles. The van der Waals surface area contributed by atoms with Gasteiger partial charge in [0.1, 0.15) is 5.75 Å². The highest BCUT2D eigenvalue weighted by molar-refractivity contribution is 8.04. The fourth-order valence-electron chi connectivity index (χ4n) is 3.95. The minimum atomic E-state index is -0.233. The molecule has 0 saturated carbocycles. The molecule has 0 aliphatic carbocycles. The summed E-state index contributed by atoms with van der Waals surface area (Å²) in [5.41, 5.74) is 2.02. The fourth-order valence-corrected chi connectivity index (χ4v) is 4.87. The molecule has 2 heterocycles. The maximum Gasteiger partial charge on any atom is 0.262 e. The van der Waals surface area contributed by atoms with Crippen LogP contribution in [0.3, 0.4) is 0 Å². The third-order valence-corrected chi connectivity index (χ3v) is 6.85. The molecule has 8 heteroatoms. The Morgan fingerprint density at radius 3 is 2.69 bits per heavy atom. The number of methoxy groups -OCH3 is 1. The van der Waals surface area contributed by atoms with Crippen LogP contribution >= 0.6 is 11.8 Å². The summed E-state index contributed by atoms with van der Waals surface area (Å²) < 4.78 is 5.23. The molecule has 0 spiro atoms. The molecule has 0 radical (unpaired) electrons. The monoisotopic (exact) mass is 453 g/mol. The number of ether oxygens (including phenoxy) is 1. The van der Waals surface area contributed by atoms with E-state index in [1.807, 2.05) is 36.4 Å². The van der Waals surface area contributed by atoms with E-state index < -0.39 is 0 Å². The number of quaternary nitrogens is 1. The number of nitrogens with zero attached hydrogens (tertiary/aromatic N) is 1. The van der Waals surface area contributed by atoms with Crippen molar-refractivity contribution in [1.29, 1.82) is 0 Å². The lowest BCUT2D eigenvalue weighted by Gasteiger charge is -2.33. The Bertz CT molecular complexity index is 985. The summed E-state index contributed by atoms with van der Waals surface area (Å²) in [6.07, 6.45) is 2.31. The van der Waals surface area contributed by atoms with Gasteiger partial charge in [0.15, 0.2) is 0 Å². The van der Waals surface area contributed by atoms with Crippen molar-refractivity contribution in [3.8, 4) is 5.75 Å². The molecule has 1 saturated heterocycles. The second-order valence-electron chi connectivity index (χ2n) is 7.89. The number of rotatable bonds is 7. The number of carbonyl (C=O) groups is 2. The zero-order chi connectivity index (χ0) is 22.3. The first-order valence-corrected chi connectivity index (χ1v) is 11.7. The number of hydrogen-bond acceptors (Lipinski definition) is 5. The molecule has 0 unspecified atom stereocenters. The lowest BCUT2D eigenvalue weighted by Crippen LogP contribution is -3.15. The van der Waals surface area contributed by atoms with Gasteiger partial charge in [-0.3, -0.25) is 9.59 Å². The van der Waals surface area contributed by atoms with Crippen molar-refractivity contribution >= 4 is 35.0 Å². The number of amides is 2. The summed E-state index contributed by atoms with van der Waals surface area (Å²) in [6.45, 7) is 5.84. The quantitative estimate of drug-likeness (QED) is 0.438. The number of hydrogen-bond donors (Lipinski definition) is 3. The standard InChI is InChI=1S/C24H28N4O3S/c1-31-19-9-7-18(8-10-19)28-15-13-27(14-16-28)12-4-11-25-23(29)17-22-24(30)26-20-5-2-3-6-21(20)32-22/h2-3,5-10,17H,4,11-16H2,1H3,(H,25,29)(H,26,30)/p+1. The molecule has 2 aliphatic rings. The van der Waals surface area contributed by atoms with Gasteiger partial charge in [0.25, 0.3) is 5.91 Å². The van der Waals surface area contributed by atoms with Crippen molar-refractivity contribution in [1.82, 2.24) is 5.32 Å². The first-order chi connectivity index (χ1) is 15.6. The predicted molar refractivity (Wildman–Crippen MR) is 127 cm³/mol. The predicted octanol–water partition coefficient (Wildman–Crippen LogP) is 1.53. The summed E-state index contributed by atoms with van der Waals surface area (Å²) in [4.78, 5) is 29.8. The van der Waals surface area contributed by atoms with E-state index in [2.05, 4.69) is 27.7 Å². The number of carbonyl (C=O) groups excluding carboxylic acids is 2. The van der Waals surface area contributed by atoms with Gasteiger partial charge in [-0.2, -0.15) is 0 Å². The van der Waals surface area contributed by atoms with Crippen molar-refractivity contribution in [3.63, 3.8) is 0 Å². The van der Waals surface area contributed by atoms with E-state index in [4.69, 9.17) is 4.74 Å². The lowest BCUT2D eigenvalue weighted by molar-refractivity contribution is -0.900. The molecule has 168 valence electrons. The molecular formula is C24H29N4O3S+. The Labute approximate surface area is 192 Å². The van der Waals surface area contributed by atoms with Gasteiger partial charge in [-0.05, 0) is 36.4 Å². The van der Waals surface area contributed by atoms with E-state index in [-0.39, 0.29) is 11.8 Å². The molecule has 7 nitrogen and oxygen atoms in total. The molecular weight excluding hydrogens is 424 g/mol. The molecule has 1 fully saturated rings. The van der Waals surface area contributed by atoms with Gasteiger partial charge in [0.2, 0.25) is 5.91 Å². The number of nitrogens with one attached hydrogen (secondary N) is 3. The van der Waals surface area contributed by atoms with Crippen molar-refractivity contribution in [2.24, 2.45) is 0 Å². The average Bonchev–Trinajstić information content (AvgIpc) is 2.83. The highest BCUT2D eigenvalue weighted by Crippen LogP contribution is 2.37. The topological polar surface area (TPSA) is 75.1 Å². The van der Waals surface area contributed by atoms with Crippen LogP contribution in [0.1, 0.15) is 6.42 Å². The second kappa shape index (κ2) is 10.6. The average molecular weight is 454 g/mol. The Kier molecular flexibility index (Phi) is 7.34. The van der Waals surface area contributed by atoms with Crippen LogP contribution in [0.5, 0.6) is 5.75 Å². The van der Waals surface area contributed by atoms with Gasteiger partial charge in [-0.15, -0.1) is 0 Å². The van der Waals surface area contributed by atoms with Crippen LogP contribution in [0, 0.1) is 0 Å². The normalized spacial score (nSPS) is 17.6. The van der Waals surface area contributed by atoms with Gasteiger partial charge < -0.3 is 25.2 Å². The van der Waals surface area contributed by atoms with Crippen LogP contribution in [0.4, 0.5) is 11.4 Å². The number of para-hydroxylation sites is 1. The lowest BCUT2D eigenvalue weighted by atomic mass is 10.2. The molecule has 2 amide bonds. The minimum Gasteiger partial charge on any atom is -0.497 e. The molecule has 4 rings (SSSR count). The van der Waals surface area contributed by atoms with Crippen LogP contribution in [-0.4, -0.2) is 58.2 Å². The SMILES string of the molecule is COc1ccc(N2CC[NH+](CCCNC(=O)C=C3Sc4ccccc4NC3=O)CC2)cc1. The van der Waals surface area contributed by atoms with Gasteiger partial charge in [0.05, 0.1) is 50.4 Å². The number of benzene rings is 2. The van der Waals surface area contributed by atoms with E-state index in [9.17, 15) is 9.59 Å². The van der Waals surface area contributed by atoms with E-state index in [0.717, 1.165) is 55.5 Å². The van der Waals surface area contributed by atoms with Crippen molar-refractivity contribution < 1.29 is 19.2 Å². The number of piperazine rings is 1. The Balaban J connectivity index is 1.16. The zero-order valence-corrected chi connectivity index (χ0v) is 19.0. The van der Waals surface area contributed by atoms with Crippen LogP contribution in [-0.2, 0) is 9.59 Å². The third-order valence-electron chi connectivity index (χ3n) is 5.76. The zero-order valence-electron chi connectivity index (χ0n) is 18.2. The summed E-state index contributed by atoms with van der Waals surface area (Å²) in [7, 11) is 1.68. The summed E-state index contributed by atoms with van der Waals surface area (Å²) in [6, 6.07) is 15.8. The maximum absolute atomic E-state index is 12.3. The van der Waals surface area contributed by atoms with Gasteiger partial charge in [-0.1, -0.05) is 23.9 Å². The van der Waals surface area contributed by atoms with Crippen LogP contribution in [0.2, 0.25) is 0 Å². The highest BCUT2D eigenvalue weighted by atomic mass is 32.2. The van der Waals surface area contributed by atoms with Gasteiger partial charge in [-0.25, -0.2) is 0 Å². The summed E-state index contributed by atoms with van der Waals surface area (Å²) in [5.74, 6) is 0.424. The molecule has 0 bridgehead atoms. The highest BCUT2D eigenvalue weighted by Gasteiger charge is 2.22. The number of fused-ring (bicyclic) bond motifs is 1. The van der Waals surface area contributed by atoms with Crippen LogP contribution in [0.15, 0.2) is 64.4 Å². The smallest absolute Gasteiger partial charge is 0.262 e. The molecule has 0 atom stereocenters. The minimum absolute atomic E-state index is 0.221. The Morgan fingerprint density at radius 2 is 1.94 bits per heavy atom. The van der Waals surface area contributed by atoms with E-state index in [1.165, 1.54) is 23.5 Å². The summed E-state index contributed by atoms with van der Waals surface area (Å²) >= 11 is 1.33.